The SMILES string of the molecule is COc1ccccc1CCNC(=O)CC1(CN)CCCCC1. The molecular formula is C18H28N2O2. The van der Waals surface area contributed by atoms with Crippen molar-refractivity contribution in [2.45, 2.75) is 44.9 Å². The van der Waals surface area contributed by atoms with Crippen LogP contribution in [-0.2, 0) is 11.2 Å². The highest BCUT2D eigenvalue weighted by Gasteiger charge is 2.32. The molecule has 22 heavy (non-hydrogen) atoms. The number of amides is 1. The van der Waals surface area contributed by atoms with Gasteiger partial charge in [0.1, 0.15) is 5.75 Å². The third-order valence-electron chi connectivity index (χ3n) is 4.79. The number of nitrogens with two attached hydrogens (primary N) is 1. The summed E-state index contributed by atoms with van der Waals surface area (Å²) in [5.41, 5.74) is 7.10. The van der Waals surface area contributed by atoms with Crippen LogP contribution in [0.1, 0.15) is 44.1 Å². The smallest absolute Gasteiger partial charge is 0.220 e. The zero-order chi connectivity index (χ0) is 15.8. The van der Waals surface area contributed by atoms with E-state index < -0.39 is 0 Å². The maximum absolute atomic E-state index is 12.2. The van der Waals surface area contributed by atoms with Crippen LogP contribution in [0.25, 0.3) is 0 Å². The Labute approximate surface area is 133 Å². The molecule has 1 amide bonds. The first-order valence-electron chi connectivity index (χ1n) is 8.28. The van der Waals surface area contributed by atoms with Crippen LogP contribution in [0.3, 0.4) is 0 Å². The largest absolute Gasteiger partial charge is 0.496 e. The van der Waals surface area contributed by atoms with Crippen LogP contribution in [0.2, 0.25) is 0 Å². The van der Waals surface area contributed by atoms with Gasteiger partial charge in [-0.2, -0.15) is 0 Å². The van der Waals surface area contributed by atoms with Crippen molar-refractivity contribution in [3.8, 4) is 5.75 Å². The van der Waals surface area contributed by atoms with E-state index in [9.17, 15) is 4.79 Å². The second kappa shape index (κ2) is 8.18. The summed E-state index contributed by atoms with van der Waals surface area (Å²) in [5, 5.41) is 3.04. The average Bonchev–Trinajstić information content (AvgIpc) is 2.56. The van der Waals surface area contributed by atoms with E-state index in [0.717, 1.165) is 30.6 Å². The molecule has 0 radical (unpaired) electrons. The molecule has 122 valence electrons. The Bertz CT molecular complexity index is 482. The topological polar surface area (TPSA) is 64.3 Å². The van der Waals surface area contributed by atoms with Crippen molar-refractivity contribution in [2.75, 3.05) is 20.2 Å². The molecule has 0 atom stereocenters. The van der Waals surface area contributed by atoms with Gasteiger partial charge in [-0.3, -0.25) is 4.79 Å². The first-order chi connectivity index (χ1) is 10.7. The Morgan fingerprint density at radius 2 is 2.00 bits per heavy atom. The minimum Gasteiger partial charge on any atom is -0.496 e. The van der Waals surface area contributed by atoms with Gasteiger partial charge in [0.05, 0.1) is 7.11 Å². The highest BCUT2D eigenvalue weighted by atomic mass is 16.5. The first-order valence-corrected chi connectivity index (χ1v) is 8.28. The molecule has 0 bridgehead atoms. The van der Waals surface area contributed by atoms with Crippen LogP contribution >= 0.6 is 0 Å². The zero-order valence-electron chi connectivity index (χ0n) is 13.6. The van der Waals surface area contributed by atoms with Crippen molar-refractivity contribution in [1.82, 2.24) is 5.32 Å². The molecule has 0 heterocycles. The van der Waals surface area contributed by atoms with Gasteiger partial charge in [-0.1, -0.05) is 37.5 Å². The van der Waals surface area contributed by atoms with Gasteiger partial charge in [-0.05, 0) is 42.9 Å². The van der Waals surface area contributed by atoms with E-state index in [0.29, 0.717) is 19.5 Å². The van der Waals surface area contributed by atoms with Gasteiger partial charge in [0.25, 0.3) is 0 Å². The molecule has 1 aromatic rings. The fourth-order valence-electron chi connectivity index (χ4n) is 3.40. The second-order valence-corrected chi connectivity index (χ2v) is 6.35. The molecule has 0 spiro atoms. The van der Waals surface area contributed by atoms with Crippen LogP contribution in [0, 0.1) is 5.41 Å². The van der Waals surface area contributed by atoms with Crippen LogP contribution < -0.4 is 15.8 Å². The van der Waals surface area contributed by atoms with E-state index in [-0.39, 0.29) is 11.3 Å². The van der Waals surface area contributed by atoms with E-state index >= 15 is 0 Å². The quantitative estimate of drug-likeness (QED) is 0.814. The summed E-state index contributed by atoms with van der Waals surface area (Å²) in [5.74, 6) is 1.00. The number of carbonyl (C=O) groups is 1. The van der Waals surface area contributed by atoms with Crippen molar-refractivity contribution in [3.63, 3.8) is 0 Å². The standard InChI is InChI=1S/C18H28N2O2/c1-22-16-8-4-3-7-15(16)9-12-20-17(21)13-18(14-19)10-5-2-6-11-18/h3-4,7-8H,2,5-6,9-14,19H2,1H3,(H,20,21). The van der Waals surface area contributed by atoms with Gasteiger partial charge >= 0.3 is 0 Å². The molecule has 4 heteroatoms. The molecular weight excluding hydrogens is 276 g/mol. The first kappa shape index (κ1) is 16.8. The lowest BCUT2D eigenvalue weighted by Gasteiger charge is -2.35. The minimum absolute atomic E-state index is 0.0345. The lowest BCUT2D eigenvalue weighted by molar-refractivity contribution is -0.123. The summed E-state index contributed by atoms with van der Waals surface area (Å²) < 4.78 is 5.33. The average molecular weight is 304 g/mol. The van der Waals surface area contributed by atoms with Crippen LogP contribution in [0.15, 0.2) is 24.3 Å². The molecule has 2 rings (SSSR count). The fraction of sp³-hybridized carbons (Fsp3) is 0.611. The van der Waals surface area contributed by atoms with Crippen molar-refractivity contribution in [1.29, 1.82) is 0 Å². The van der Waals surface area contributed by atoms with E-state index in [4.69, 9.17) is 10.5 Å². The number of hydrogen-bond donors (Lipinski definition) is 2. The van der Waals surface area contributed by atoms with Crippen molar-refractivity contribution in [2.24, 2.45) is 11.1 Å². The lowest BCUT2D eigenvalue weighted by Crippen LogP contribution is -2.39. The molecule has 0 aliphatic heterocycles. The molecule has 1 aliphatic rings. The van der Waals surface area contributed by atoms with Crippen molar-refractivity contribution >= 4 is 5.91 Å². The summed E-state index contributed by atoms with van der Waals surface area (Å²) >= 11 is 0. The molecule has 0 unspecified atom stereocenters. The summed E-state index contributed by atoms with van der Waals surface area (Å²) in [6, 6.07) is 7.93. The predicted molar refractivity (Wildman–Crippen MR) is 88.9 cm³/mol. The number of hydrogen-bond acceptors (Lipinski definition) is 3. The van der Waals surface area contributed by atoms with Gasteiger partial charge in [0.2, 0.25) is 5.91 Å². The van der Waals surface area contributed by atoms with Crippen molar-refractivity contribution < 1.29 is 9.53 Å². The Morgan fingerprint density at radius 1 is 1.27 bits per heavy atom. The number of methoxy groups -OCH3 is 1. The Morgan fingerprint density at radius 3 is 2.68 bits per heavy atom. The Hall–Kier alpha value is -1.55. The number of carbonyl (C=O) groups excluding carboxylic acids is 1. The third kappa shape index (κ3) is 4.47. The maximum Gasteiger partial charge on any atom is 0.220 e. The number of para-hydroxylation sites is 1. The van der Waals surface area contributed by atoms with Gasteiger partial charge in [-0.15, -0.1) is 0 Å². The molecule has 1 aromatic carbocycles. The lowest BCUT2D eigenvalue weighted by atomic mass is 9.71. The number of nitrogens with one attached hydrogen (secondary N) is 1. The predicted octanol–water partition coefficient (Wildman–Crippen LogP) is 2.65. The Kier molecular flexibility index (Phi) is 6.25. The number of rotatable bonds is 7. The van der Waals surface area contributed by atoms with Crippen LogP contribution in [0.5, 0.6) is 5.75 Å². The van der Waals surface area contributed by atoms with E-state index in [1.54, 1.807) is 7.11 Å². The van der Waals surface area contributed by atoms with Gasteiger partial charge in [0, 0.05) is 13.0 Å². The van der Waals surface area contributed by atoms with Gasteiger partial charge in [-0.25, -0.2) is 0 Å². The normalized spacial score (nSPS) is 17.0. The van der Waals surface area contributed by atoms with E-state index in [2.05, 4.69) is 5.32 Å². The third-order valence-corrected chi connectivity index (χ3v) is 4.79. The highest BCUT2D eigenvalue weighted by molar-refractivity contribution is 5.76. The summed E-state index contributed by atoms with van der Waals surface area (Å²) in [6.07, 6.45) is 7.20. The summed E-state index contributed by atoms with van der Waals surface area (Å²) in [6.45, 7) is 1.26. The summed E-state index contributed by atoms with van der Waals surface area (Å²) in [4.78, 5) is 12.2. The van der Waals surface area contributed by atoms with Crippen LogP contribution in [-0.4, -0.2) is 26.1 Å². The van der Waals surface area contributed by atoms with E-state index in [1.807, 2.05) is 24.3 Å². The van der Waals surface area contributed by atoms with Gasteiger partial charge in [0.15, 0.2) is 0 Å². The highest BCUT2D eigenvalue weighted by Crippen LogP contribution is 2.38. The summed E-state index contributed by atoms with van der Waals surface area (Å²) in [7, 11) is 1.67. The monoisotopic (exact) mass is 304 g/mol. The molecule has 0 saturated heterocycles. The molecule has 0 aromatic heterocycles. The van der Waals surface area contributed by atoms with E-state index in [1.165, 1.54) is 19.3 Å². The van der Waals surface area contributed by atoms with Crippen LogP contribution in [0.4, 0.5) is 0 Å². The maximum atomic E-state index is 12.2. The molecule has 1 aliphatic carbocycles. The zero-order valence-corrected chi connectivity index (χ0v) is 13.6. The number of benzene rings is 1. The molecule has 1 saturated carbocycles. The minimum atomic E-state index is 0.0345. The van der Waals surface area contributed by atoms with Crippen molar-refractivity contribution in [3.05, 3.63) is 29.8 Å². The fourth-order valence-corrected chi connectivity index (χ4v) is 3.40. The second-order valence-electron chi connectivity index (χ2n) is 6.35. The molecule has 3 N–H and O–H groups in total. The number of ether oxygens (including phenoxy) is 1. The molecule has 4 nitrogen and oxygen atoms in total. The molecule has 1 fully saturated rings. The van der Waals surface area contributed by atoms with Gasteiger partial charge < -0.3 is 15.8 Å². The Balaban J connectivity index is 1.80.